The van der Waals surface area contributed by atoms with Crippen LogP contribution in [0, 0.1) is 0 Å². The molecule has 0 aliphatic carbocycles. The lowest BCUT2D eigenvalue weighted by Gasteiger charge is -2.06. The molecule has 2 N–H and O–H groups in total. The van der Waals surface area contributed by atoms with Crippen LogP contribution < -0.4 is 10.6 Å². The van der Waals surface area contributed by atoms with Crippen LogP contribution in [0.15, 0.2) is 42.5 Å². The highest BCUT2D eigenvalue weighted by molar-refractivity contribution is 6.10. The summed E-state index contributed by atoms with van der Waals surface area (Å²) < 4.78 is 0. The van der Waals surface area contributed by atoms with Crippen LogP contribution >= 0.6 is 0 Å². The molecule has 0 unspecified atom stereocenters. The lowest BCUT2D eigenvalue weighted by Crippen LogP contribution is -2.06. The number of benzene rings is 2. The predicted octanol–water partition coefficient (Wildman–Crippen LogP) is 2.37. The quantitative estimate of drug-likeness (QED) is 0.853. The Morgan fingerprint density at radius 3 is 2.41 bits per heavy atom. The zero-order valence-corrected chi connectivity index (χ0v) is 12.0. The average Bonchev–Trinajstić information content (AvgIpc) is 2.85. The van der Waals surface area contributed by atoms with Gasteiger partial charge in [0.05, 0.1) is 6.42 Å². The Balaban J connectivity index is 1.84. The molecule has 3 rings (SSSR count). The summed E-state index contributed by atoms with van der Waals surface area (Å²) in [5.41, 5.74) is 3.33. The normalized spacial score (nSPS) is 12.5. The van der Waals surface area contributed by atoms with E-state index in [1.165, 1.54) is 6.92 Å². The van der Waals surface area contributed by atoms with Gasteiger partial charge in [-0.05, 0) is 48.0 Å². The van der Waals surface area contributed by atoms with Gasteiger partial charge in [-0.1, -0.05) is 0 Å². The molecule has 0 fully saturated rings. The molecule has 0 bridgehead atoms. The second-order valence-electron chi connectivity index (χ2n) is 5.18. The highest BCUT2D eigenvalue weighted by Gasteiger charge is 2.19. The molecule has 0 saturated carbocycles. The second-order valence-corrected chi connectivity index (χ2v) is 5.18. The first-order valence-electron chi connectivity index (χ1n) is 6.88. The molecule has 5 nitrogen and oxygen atoms in total. The van der Waals surface area contributed by atoms with E-state index in [-0.39, 0.29) is 17.6 Å². The van der Waals surface area contributed by atoms with Crippen molar-refractivity contribution >= 4 is 29.0 Å². The van der Waals surface area contributed by atoms with Gasteiger partial charge in [-0.15, -0.1) is 0 Å². The van der Waals surface area contributed by atoms with Crippen molar-refractivity contribution < 1.29 is 14.4 Å². The van der Waals surface area contributed by atoms with Crippen LogP contribution in [0.1, 0.15) is 28.4 Å². The van der Waals surface area contributed by atoms with Gasteiger partial charge in [-0.3, -0.25) is 14.4 Å². The maximum Gasteiger partial charge on any atom is 0.228 e. The number of anilines is 2. The van der Waals surface area contributed by atoms with Gasteiger partial charge in [-0.2, -0.15) is 0 Å². The van der Waals surface area contributed by atoms with E-state index < -0.39 is 0 Å². The molecule has 5 heteroatoms. The third kappa shape index (κ3) is 2.74. The van der Waals surface area contributed by atoms with E-state index >= 15 is 0 Å². The van der Waals surface area contributed by atoms with Gasteiger partial charge in [0.1, 0.15) is 0 Å². The first-order chi connectivity index (χ1) is 10.5. The Bertz CT molecular complexity index is 779. The number of rotatable bonds is 3. The smallest absolute Gasteiger partial charge is 0.228 e. The molecule has 1 aliphatic rings. The van der Waals surface area contributed by atoms with Crippen molar-refractivity contribution in [1.29, 1.82) is 0 Å². The van der Waals surface area contributed by atoms with Gasteiger partial charge in [0.15, 0.2) is 5.78 Å². The molecule has 22 heavy (non-hydrogen) atoms. The Morgan fingerprint density at radius 2 is 1.73 bits per heavy atom. The molecule has 2 aromatic rings. The lowest BCUT2D eigenvalue weighted by atomic mass is 10.00. The third-order valence-electron chi connectivity index (χ3n) is 3.46. The number of carbonyl (C=O) groups is 3. The van der Waals surface area contributed by atoms with Gasteiger partial charge < -0.3 is 10.6 Å². The molecule has 0 radical (unpaired) electrons. The summed E-state index contributed by atoms with van der Waals surface area (Å²) in [4.78, 5) is 34.8. The van der Waals surface area contributed by atoms with E-state index in [0.29, 0.717) is 23.2 Å². The summed E-state index contributed by atoms with van der Waals surface area (Å²) in [5, 5.41) is 5.39. The first-order valence-corrected chi connectivity index (χ1v) is 6.88. The lowest BCUT2D eigenvalue weighted by molar-refractivity contribution is -0.115. The molecular weight excluding hydrogens is 280 g/mol. The Kier molecular flexibility index (Phi) is 3.47. The van der Waals surface area contributed by atoms with Crippen LogP contribution in [0.5, 0.6) is 0 Å². The molecular formula is C17H14N2O3. The van der Waals surface area contributed by atoms with E-state index in [1.807, 2.05) is 0 Å². The van der Waals surface area contributed by atoms with Crippen molar-refractivity contribution in [3.8, 4) is 0 Å². The van der Waals surface area contributed by atoms with Crippen LogP contribution in [0.4, 0.5) is 11.4 Å². The van der Waals surface area contributed by atoms with Gasteiger partial charge in [0.25, 0.3) is 0 Å². The summed E-state index contributed by atoms with van der Waals surface area (Å²) in [6, 6.07) is 11.9. The van der Waals surface area contributed by atoms with Crippen LogP contribution in [-0.4, -0.2) is 17.6 Å². The zero-order chi connectivity index (χ0) is 15.7. The zero-order valence-electron chi connectivity index (χ0n) is 12.0. The van der Waals surface area contributed by atoms with Crippen LogP contribution in [-0.2, 0) is 16.0 Å². The minimum Gasteiger partial charge on any atom is -0.326 e. The fraction of sp³-hybridized carbons (Fsp3) is 0.118. The Morgan fingerprint density at radius 1 is 1.05 bits per heavy atom. The highest BCUT2D eigenvalue weighted by Crippen LogP contribution is 2.25. The van der Waals surface area contributed by atoms with Crippen molar-refractivity contribution in [3.63, 3.8) is 0 Å². The van der Waals surface area contributed by atoms with Crippen molar-refractivity contribution in [3.05, 3.63) is 59.2 Å². The summed E-state index contributed by atoms with van der Waals surface area (Å²) in [6.45, 7) is 1.43. The number of hydrogen-bond donors (Lipinski definition) is 2. The number of carbonyl (C=O) groups excluding carboxylic acids is 3. The minimum atomic E-state index is -0.158. The van der Waals surface area contributed by atoms with E-state index in [9.17, 15) is 14.4 Å². The summed E-state index contributed by atoms with van der Waals surface area (Å²) in [5.74, 6) is -0.328. The number of hydrogen-bond acceptors (Lipinski definition) is 3. The van der Waals surface area contributed by atoms with E-state index in [2.05, 4.69) is 10.6 Å². The topological polar surface area (TPSA) is 75.3 Å². The van der Waals surface area contributed by atoms with Crippen molar-refractivity contribution in [2.45, 2.75) is 13.3 Å². The molecule has 110 valence electrons. The van der Waals surface area contributed by atoms with Gasteiger partial charge in [-0.25, -0.2) is 0 Å². The third-order valence-corrected chi connectivity index (χ3v) is 3.46. The van der Waals surface area contributed by atoms with Crippen LogP contribution in [0.3, 0.4) is 0 Å². The molecule has 2 aromatic carbocycles. The van der Waals surface area contributed by atoms with Crippen LogP contribution in [0.25, 0.3) is 0 Å². The summed E-state index contributed by atoms with van der Waals surface area (Å²) in [7, 11) is 0. The fourth-order valence-electron chi connectivity index (χ4n) is 2.45. The monoisotopic (exact) mass is 294 g/mol. The Labute approximate surface area is 127 Å². The fourth-order valence-corrected chi connectivity index (χ4v) is 2.45. The Hall–Kier alpha value is -2.95. The summed E-state index contributed by atoms with van der Waals surface area (Å²) >= 11 is 0. The molecule has 2 amide bonds. The van der Waals surface area contributed by atoms with Gasteiger partial charge in [0.2, 0.25) is 11.8 Å². The molecule has 0 aromatic heterocycles. The molecule has 0 atom stereocenters. The van der Waals surface area contributed by atoms with Crippen LogP contribution in [0.2, 0.25) is 0 Å². The van der Waals surface area contributed by atoms with Gasteiger partial charge >= 0.3 is 0 Å². The van der Waals surface area contributed by atoms with Crippen molar-refractivity contribution in [1.82, 2.24) is 0 Å². The minimum absolute atomic E-state index is 0.0562. The number of nitrogens with one attached hydrogen (secondary N) is 2. The second kappa shape index (κ2) is 5.44. The maximum absolute atomic E-state index is 12.5. The van der Waals surface area contributed by atoms with Crippen molar-refractivity contribution in [2.24, 2.45) is 0 Å². The first kappa shape index (κ1) is 14.0. The van der Waals surface area contributed by atoms with Gasteiger partial charge in [0, 0.05) is 29.4 Å². The number of amides is 2. The largest absolute Gasteiger partial charge is 0.326 e. The molecule has 0 spiro atoms. The standard InChI is InChI=1S/C17H14N2O3/c1-10(20)18-14-5-2-11(3-6-14)17(22)12-4-7-15-13(8-12)9-16(21)19-15/h2-8H,9H2,1H3,(H,18,20)(H,19,21). The predicted molar refractivity (Wildman–Crippen MR) is 83.0 cm³/mol. The number of fused-ring (bicyclic) bond motifs is 1. The maximum atomic E-state index is 12.5. The van der Waals surface area contributed by atoms with Crippen molar-refractivity contribution in [2.75, 3.05) is 10.6 Å². The van der Waals surface area contributed by atoms with E-state index in [0.717, 1.165) is 11.3 Å². The SMILES string of the molecule is CC(=O)Nc1ccc(C(=O)c2ccc3c(c2)CC(=O)N3)cc1. The highest BCUT2D eigenvalue weighted by atomic mass is 16.2. The van der Waals surface area contributed by atoms with E-state index in [1.54, 1.807) is 42.5 Å². The molecule has 1 heterocycles. The molecule has 1 aliphatic heterocycles. The number of ketones is 1. The molecule has 0 saturated heterocycles. The van der Waals surface area contributed by atoms with E-state index in [4.69, 9.17) is 0 Å². The average molecular weight is 294 g/mol. The summed E-state index contributed by atoms with van der Waals surface area (Å²) in [6.07, 6.45) is 0.303.